The third-order valence-corrected chi connectivity index (χ3v) is 6.18. The topological polar surface area (TPSA) is 72.2 Å². The second kappa shape index (κ2) is 5.77. The molecule has 2 aliphatic heterocycles. The number of nitro groups is 1. The number of allylic oxidation sites excluding steroid dienone is 4. The van der Waals surface area contributed by atoms with Crippen LogP contribution in [0.2, 0.25) is 0 Å². The van der Waals surface area contributed by atoms with Crippen molar-refractivity contribution in [1.29, 1.82) is 0 Å². The molecule has 24 heavy (non-hydrogen) atoms. The molecule has 1 aliphatic carbocycles. The van der Waals surface area contributed by atoms with Crippen LogP contribution in [-0.4, -0.2) is 16.5 Å². The van der Waals surface area contributed by atoms with Gasteiger partial charge >= 0.3 is 0 Å². The number of benzene rings is 1. The average Bonchev–Trinajstić information content (AvgIpc) is 3.01. The maximum absolute atomic E-state index is 12.6. The Bertz CT molecular complexity index is 826. The summed E-state index contributed by atoms with van der Waals surface area (Å²) in [5.41, 5.74) is 4.69. The Morgan fingerprint density at radius 2 is 2.08 bits per heavy atom. The molecule has 2 heterocycles. The molecule has 1 aromatic carbocycles. The molecule has 1 N–H and O–H groups in total. The molecule has 1 unspecified atom stereocenters. The predicted molar refractivity (Wildman–Crippen MR) is 93.7 cm³/mol. The van der Waals surface area contributed by atoms with Crippen LogP contribution in [0.15, 0.2) is 40.1 Å². The van der Waals surface area contributed by atoms with E-state index in [0.717, 1.165) is 41.8 Å². The van der Waals surface area contributed by atoms with Crippen molar-refractivity contribution in [2.45, 2.75) is 38.5 Å². The van der Waals surface area contributed by atoms with Gasteiger partial charge in [0.1, 0.15) is 0 Å². The maximum atomic E-state index is 12.6. The molecule has 0 saturated heterocycles. The van der Waals surface area contributed by atoms with Gasteiger partial charge in [-0.25, -0.2) is 0 Å². The summed E-state index contributed by atoms with van der Waals surface area (Å²) in [5, 5.41) is 14.8. The fraction of sp³-hybridized carbons (Fsp3) is 0.389. The lowest BCUT2D eigenvalue weighted by Crippen LogP contribution is -2.30. The lowest BCUT2D eigenvalue weighted by atomic mass is 9.79. The van der Waals surface area contributed by atoms with Gasteiger partial charge in [0.25, 0.3) is 5.69 Å². The number of rotatable bonds is 2. The Labute approximate surface area is 144 Å². The van der Waals surface area contributed by atoms with Crippen molar-refractivity contribution in [2.75, 3.05) is 5.75 Å². The van der Waals surface area contributed by atoms with Gasteiger partial charge in [-0.15, -0.1) is 11.8 Å². The third kappa shape index (κ3) is 2.36. The number of hydrogen-bond acceptors (Lipinski definition) is 5. The summed E-state index contributed by atoms with van der Waals surface area (Å²) in [4.78, 5) is 24.8. The first-order chi connectivity index (χ1) is 11.6. The first kappa shape index (κ1) is 15.4. The fourth-order valence-corrected chi connectivity index (χ4v) is 5.09. The van der Waals surface area contributed by atoms with Crippen molar-refractivity contribution >= 4 is 23.2 Å². The lowest BCUT2D eigenvalue weighted by molar-refractivity contribution is -0.385. The molecule has 0 spiro atoms. The molecule has 0 radical (unpaired) electrons. The quantitative estimate of drug-likeness (QED) is 0.651. The van der Waals surface area contributed by atoms with Gasteiger partial charge in [0.2, 0.25) is 0 Å². The number of nitrogens with one attached hydrogen (secondary N) is 1. The molecule has 0 fully saturated rings. The number of thioether (sulfide) groups is 1. The van der Waals surface area contributed by atoms with Crippen LogP contribution in [0.4, 0.5) is 5.69 Å². The van der Waals surface area contributed by atoms with Crippen molar-refractivity contribution < 1.29 is 9.72 Å². The van der Waals surface area contributed by atoms with Gasteiger partial charge in [-0.1, -0.05) is 12.1 Å². The zero-order valence-corrected chi connectivity index (χ0v) is 14.2. The zero-order valence-electron chi connectivity index (χ0n) is 13.4. The Morgan fingerprint density at radius 1 is 1.25 bits per heavy atom. The van der Waals surface area contributed by atoms with Crippen molar-refractivity contribution in [1.82, 2.24) is 5.32 Å². The second-order valence-electron chi connectivity index (χ2n) is 6.47. The Balaban J connectivity index is 1.88. The number of nitro benzene ring substituents is 1. The summed E-state index contributed by atoms with van der Waals surface area (Å²) in [5.74, 6) is 1.03. The van der Waals surface area contributed by atoms with Crippen LogP contribution in [0.25, 0.3) is 0 Å². The summed E-state index contributed by atoms with van der Waals surface area (Å²) in [6.45, 7) is 1.75. The Hall–Kier alpha value is -2.08. The maximum Gasteiger partial charge on any atom is 0.272 e. The molecule has 6 heteroatoms. The van der Waals surface area contributed by atoms with E-state index in [9.17, 15) is 14.9 Å². The molecule has 1 aromatic rings. The van der Waals surface area contributed by atoms with Gasteiger partial charge < -0.3 is 5.32 Å². The predicted octanol–water partition coefficient (Wildman–Crippen LogP) is 3.95. The minimum Gasteiger partial charge on any atom is -0.361 e. The van der Waals surface area contributed by atoms with Gasteiger partial charge in [0.05, 0.1) is 4.92 Å². The average molecular weight is 342 g/mol. The molecule has 0 bridgehead atoms. The molecular weight excluding hydrogens is 324 g/mol. The van der Waals surface area contributed by atoms with Crippen molar-refractivity contribution in [3.63, 3.8) is 0 Å². The van der Waals surface area contributed by atoms with Gasteiger partial charge in [-0.2, -0.15) is 0 Å². The van der Waals surface area contributed by atoms with E-state index < -0.39 is 0 Å². The van der Waals surface area contributed by atoms with Crippen LogP contribution in [-0.2, 0) is 4.79 Å². The molecule has 3 aliphatic rings. The largest absolute Gasteiger partial charge is 0.361 e. The summed E-state index contributed by atoms with van der Waals surface area (Å²) >= 11 is 1.77. The molecule has 1 atom stereocenters. The molecule has 4 rings (SSSR count). The number of Topliss-reactive ketones (excluding diaryl/α,β-unsaturated/α-hetero) is 1. The van der Waals surface area contributed by atoms with Crippen LogP contribution >= 0.6 is 11.8 Å². The van der Waals surface area contributed by atoms with Crippen molar-refractivity contribution in [3.8, 4) is 0 Å². The van der Waals surface area contributed by atoms with Crippen LogP contribution in [0, 0.1) is 17.0 Å². The molecule has 0 saturated carbocycles. The van der Waals surface area contributed by atoms with Crippen LogP contribution in [0.1, 0.15) is 42.7 Å². The first-order valence-corrected chi connectivity index (χ1v) is 9.19. The number of carbonyl (C=O) groups excluding carboxylic acids is 1. The third-order valence-electron chi connectivity index (χ3n) is 4.98. The smallest absolute Gasteiger partial charge is 0.272 e. The monoisotopic (exact) mass is 342 g/mol. The number of ketones is 1. The van der Waals surface area contributed by atoms with E-state index in [0.29, 0.717) is 12.0 Å². The van der Waals surface area contributed by atoms with Gasteiger partial charge in [0, 0.05) is 51.6 Å². The minimum absolute atomic E-state index is 0.126. The van der Waals surface area contributed by atoms with Crippen LogP contribution in [0.3, 0.4) is 0 Å². The number of carbonyl (C=O) groups is 1. The highest BCUT2D eigenvalue weighted by Crippen LogP contribution is 2.50. The van der Waals surface area contributed by atoms with E-state index in [1.54, 1.807) is 30.8 Å². The summed E-state index contributed by atoms with van der Waals surface area (Å²) in [6, 6.07) is 5.39. The second-order valence-corrected chi connectivity index (χ2v) is 7.61. The molecule has 0 amide bonds. The number of nitrogens with zero attached hydrogens (tertiary/aromatic N) is 1. The zero-order chi connectivity index (χ0) is 16.8. The lowest BCUT2D eigenvalue weighted by Gasteiger charge is -2.33. The molecule has 124 valence electrons. The summed E-state index contributed by atoms with van der Waals surface area (Å²) < 4.78 is 0. The highest BCUT2D eigenvalue weighted by atomic mass is 32.2. The van der Waals surface area contributed by atoms with E-state index in [-0.39, 0.29) is 22.3 Å². The van der Waals surface area contributed by atoms with Crippen LogP contribution in [0.5, 0.6) is 0 Å². The van der Waals surface area contributed by atoms with E-state index in [1.807, 2.05) is 6.07 Å². The van der Waals surface area contributed by atoms with Gasteiger partial charge in [-0.05, 0) is 31.7 Å². The van der Waals surface area contributed by atoms with Crippen LogP contribution < -0.4 is 5.32 Å². The van der Waals surface area contributed by atoms with E-state index in [4.69, 9.17) is 0 Å². The van der Waals surface area contributed by atoms with Gasteiger partial charge in [0.15, 0.2) is 5.78 Å². The Kier molecular flexibility index (Phi) is 3.72. The van der Waals surface area contributed by atoms with Gasteiger partial charge in [-0.3, -0.25) is 14.9 Å². The Morgan fingerprint density at radius 3 is 2.88 bits per heavy atom. The molecule has 0 aromatic heterocycles. The number of hydrogen-bond donors (Lipinski definition) is 1. The van der Waals surface area contributed by atoms with E-state index >= 15 is 0 Å². The summed E-state index contributed by atoms with van der Waals surface area (Å²) in [7, 11) is 0. The minimum atomic E-state index is -0.338. The van der Waals surface area contributed by atoms with Crippen molar-refractivity contribution in [3.05, 3.63) is 61.3 Å². The van der Waals surface area contributed by atoms with Crippen molar-refractivity contribution in [2.24, 2.45) is 0 Å². The standard InChI is InChI=1S/C18H18N2O3S/c1-10-5-6-11(9-14(10)20(22)23)16-17-12(3-2-4-15(17)21)19-13-7-8-24-18(13)16/h5-6,9,16,19H,2-4,7-8H2,1H3. The first-order valence-electron chi connectivity index (χ1n) is 8.20. The SMILES string of the molecule is Cc1ccc(C2C3=C(CCS3)NC3=C2C(=O)CCC3)cc1[N+](=O)[O-]. The fourth-order valence-electron chi connectivity index (χ4n) is 3.82. The number of dihydropyridines is 1. The normalized spacial score (nSPS) is 23.0. The highest BCUT2D eigenvalue weighted by molar-refractivity contribution is 8.03. The molecule has 5 nitrogen and oxygen atoms in total. The van der Waals surface area contributed by atoms with E-state index in [1.165, 1.54) is 10.6 Å². The number of aryl methyl sites for hydroxylation is 1. The molecular formula is C18H18N2O3S. The summed E-state index contributed by atoms with van der Waals surface area (Å²) in [6.07, 6.45) is 3.29. The van der Waals surface area contributed by atoms with E-state index in [2.05, 4.69) is 5.32 Å². The highest BCUT2D eigenvalue weighted by Gasteiger charge is 2.38.